The number of hydrogen-bond acceptors (Lipinski definition) is 8. The Morgan fingerprint density at radius 2 is 1.76 bits per heavy atom. The molecule has 9 nitrogen and oxygen atoms in total. The lowest BCUT2D eigenvalue weighted by Gasteiger charge is -2.41. The van der Waals surface area contributed by atoms with E-state index in [-0.39, 0.29) is 30.6 Å². The maximum Gasteiger partial charge on any atom is 0.253 e. The molecule has 0 bridgehead atoms. The number of nitrogens with zero attached hydrogens (tertiary/aromatic N) is 4. The summed E-state index contributed by atoms with van der Waals surface area (Å²) in [6.45, 7) is 2.53. The number of rotatable bonds is 10. The van der Waals surface area contributed by atoms with E-state index < -0.39 is 6.29 Å². The predicted octanol–water partition coefficient (Wildman–Crippen LogP) is 5.88. The van der Waals surface area contributed by atoms with Crippen molar-refractivity contribution in [3.8, 4) is 11.1 Å². The Kier molecular flexibility index (Phi) is 9.66. The third-order valence-electron chi connectivity index (χ3n) is 8.04. The second kappa shape index (κ2) is 14.2. The Bertz CT molecular complexity index is 1710. The van der Waals surface area contributed by atoms with Gasteiger partial charge in [0.1, 0.15) is 6.33 Å². The normalized spacial score (nSPS) is 19.7. The number of carbonyl (C=O) groups is 1. The molecular weight excluding hydrogens is 586 g/mol. The van der Waals surface area contributed by atoms with Gasteiger partial charge in [-0.1, -0.05) is 91.5 Å². The summed E-state index contributed by atoms with van der Waals surface area (Å²) in [6.07, 6.45) is 4.01. The number of aliphatic hydroxyl groups is 1. The number of aromatic nitrogens is 4. The first-order chi connectivity index (χ1) is 22.0. The van der Waals surface area contributed by atoms with Crippen LogP contribution in [0.3, 0.4) is 0 Å². The molecule has 1 fully saturated rings. The Hall–Kier alpha value is -4.35. The van der Waals surface area contributed by atoms with Gasteiger partial charge in [0.2, 0.25) is 0 Å². The van der Waals surface area contributed by atoms with Crippen molar-refractivity contribution in [2.45, 2.75) is 43.7 Å². The van der Waals surface area contributed by atoms with Crippen molar-refractivity contribution < 1.29 is 19.4 Å². The van der Waals surface area contributed by atoms with E-state index in [4.69, 9.17) is 9.47 Å². The number of hydrogen-bond donors (Lipinski definition) is 2. The summed E-state index contributed by atoms with van der Waals surface area (Å²) in [6, 6.07) is 27.7. The zero-order chi connectivity index (χ0) is 31.2. The first-order valence-electron chi connectivity index (χ1n) is 14.8. The molecule has 1 aliphatic heterocycles. The Balaban J connectivity index is 1.21. The molecule has 0 aliphatic carbocycles. The van der Waals surface area contributed by atoms with Crippen molar-refractivity contribution in [3.63, 3.8) is 0 Å². The smallest absolute Gasteiger partial charge is 0.253 e. The van der Waals surface area contributed by atoms with Gasteiger partial charge in [0.05, 0.1) is 24.4 Å². The summed E-state index contributed by atoms with van der Waals surface area (Å²) >= 11 is 1.61. The highest BCUT2D eigenvalue weighted by atomic mass is 32.2. The monoisotopic (exact) mass is 621 g/mol. The molecule has 45 heavy (non-hydrogen) atoms. The number of thioether (sulfide) groups is 1. The van der Waals surface area contributed by atoms with Crippen molar-refractivity contribution in [1.29, 1.82) is 0 Å². The summed E-state index contributed by atoms with van der Waals surface area (Å²) in [7, 11) is 1.93. The Morgan fingerprint density at radius 1 is 0.978 bits per heavy atom. The van der Waals surface area contributed by atoms with E-state index >= 15 is 0 Å². The molecule has 3 heterocycles. The number of aryl methyl sites for hydroxylation is 1. The van der Waals surface area contributed by atoms with Gasteiger partial charge in [-0.05, 0) is 39.9 Å². The summed E-state index contributed by atoms with van der Waals surface area (Å²) in [5.74, 6) is 0.589. The van der Waals surface area contributed by atoms with Crippen LogP contribution in [0.1, 0.15) is 51.9 Å². The van der Waals surface area contributed by atoms with Gasteiger partial charge in [-0.2, -0.15) is 0 Å². The quantitative estimate of drug-likeness (QED) is 0.186. The summed E-state index contributed by atoms with van der Waals surface area (Å²) in [5, 5.41) is 21.6. The molecule has 1 amide bonds. The largest absolute Gasteiger partial charge is 0.392 e. The van der Waals surface area contributed by atoms with Crippen LogP contribution >= 0.6 is 11.8 Å². The first-order valence-corrected chi connectivity index (χ1v) is 15.8. The minimum absolute atomic E-state index is 0.00356. The van der Waals surface area contributed by atoms with Crippen LogP contribution in [0.25, 0.3) is 11.1 Å². The maximum atomic E-state index is 12.6. The van der Waals surface area contributed by atoms with Crippen molar-refractivity contribution in [1.82, 2.24) is 25.1 Å². The number of aliphatic hydroxyl groups excluding tert-OH is 1. The van der Waals surface area contributed by atoms with E-state index in [1.165, 1.54) is 0 Å². The van der Waals surface area contributed by atoms with Crippen LogP contribution in [-0.4, -0.2) is 42.6 Å². The lowest BCUT2D eigenvalue weighted by atomic mass is 9.91. The number of amides is 1. The lowest BCUT2D eigenvalue weighted by molar-refractivity contribution is -0.268. The van der Waals surface area contributed by atoms with E-state index in [2.05, 4.69) is 45.6 Å². The van der Waals surface area contributed by atoms with Crippen LogP contribution in [-0.2, 0) is 29.7 Å². The zero-order valence-electron chi connectivity index (χ0n) is 25.1. The van der Waals surface area contributed by atoms with Crippen molar-refractivity contribution >= 4 is 17.7 Å². The van der Waals surface area contributed by atoms with Crippen molar-refractivity contribution in [2.24, 2.45) is 13.0 Å². The van der Waals surface area contributed by atoms with E-state index in [9.17, 15) is 9.90 Å². The average Bonchev–Trinajstić information content (AvgIpc) is 3.51. The molecule has 4 atom stereocenters. The van der Waals surface area contributed by atoms with Gasteiger partial charge < -0.3 is 24.5 Å². The fourth-order valence-electron chi connectivity index (χ4n) is 5.42. The second-order valence-electron chi connectivity index (χ2n) is 11.1. The molecule has 230 valence electrons. The molecule has 1 saturated heterocycles. The van der Waals surface area contributed by atoms with Crippen LogP contribution in [0.5, 0.6) is 0 Å². The number of carbonyl (C=O) groups excluding carboxylic acids is 1. The molecule has 10 heteroatoms. The SMILES string of the molecule is C[C@@H]1[C@H](CSc2nncn2C)O[C@H](c2ccc(-c3ccccc3CNC(=O)c3cccnc3)cc2)O[C@@H]1c1ccc(CO)cc1. The fourth-order valence-corrected chi connectivity index (χ4v) is 6.47. The van der Waals surface area contributed by atoms with Crippen molar-refractivity contribution in [2.75, 3.05) is 5.75 Å². The highest BCUT2D eigenvalue weighted by molar-refractivity contribution is 7.99. The predicted molar refractivity (Wildman–Crippen MR) is 172 cm³/mol. The molecule has 2 aromatic heterocycles. The highest BCUT2D eigenvalue weighted by Gasteiger charge is 2.38. The number of benzene rings is 3. The minimum Gasteiger partial charge on any atom is -0.392 e. The highest BCUT2D eigenvalue weighted by Crippen LogP contribution is 2.43. The van der Waals surface area contributed by atoms with E-state index in [0.717, 1.165) is 38.5 Å². The number of ether oxygens (including phenoxy) is 2. The van der Waals surface area contributed by atoms with Gasteiger partial charge in [-0.25, -0.2) is 0 Å². The standard InChI is InChI=1S/C35H35N5O4S/c1-23-31(21-45-35-39-38-22-40(35)2)43-34(44-32(23)26-11-9-24(20-41)10-12-26)27-15-13-25(14-16-27)30-8-4-3-6-28(30)19-37-33(42)29-7-5-17-36-18-29/h3-18,22-23,31-32,34,41H,19-21H2,1-2H3,(H,37,42)/t23-,31+,32+,34+/m1/s1. The van der Waals surface area contributed by atoms with Gasteiger partial charge in [0.15, 0.2) is 11.4 Å². The number of nitrogens with one attached hydrogen (secondary N) is 1. The molecule has 5 aromatic rings. The van der Waals surface area contributed by atoms with Crippen LogP contribution in [0.15, 0.2) is 109 Å². The third kappa shape index (κ3) is 7.15. The molecule has 1 aliphatic rings. The van der Waals surface area contributed by atoms with E-state index in [1.54, 1.807) is 42.6 Å². The molecule has 0 saturated carbocycles. The van der Waals surface area contributed by atoms with Crippen molar-refractivity contribution in [3.05, 3.63) is 131 Å². The summed E-state index contributed by atoms with van der Waals surface area (Å²) in [5.41, 5.74) is 6.41. The molecule has 0 radical (unpaired) electrons. The topological polar surface area (TPSA) is 111 Å². The maximum absolute atomic E-state index is 12.6. The zero-order valence-corrected chi connectivity index (χ0v) is 25.9. The summed E-state index contributed by atoms with van der Waals surface area (Å²) in [4.78, 5) is 16.7. The number of pyridine rings is 1. The van der Waals surface area contributed by atoms with Gasteiger partial charge in [0, 0.05) is 43.2 Å². The molecule has 3 aromatic carbocycles. The Morgan fingerprint density at radius 3 is 2.47 bits per heavy atom. The van der Waals surface area contributed by atoms with Gasteiger partial charge in [-0.3, -0.25) is 9.78 Å². The van der Waals surface area contributed by atoms with Crippen LogP contribution in [0.4, 0.5) is 0 Å². The lowest BCUT2D eigenvalue weighted by Crippen LogP contribution is -2.38. The van der Waals surface area contributed by atoms with E-state index in [0.29, 0.717) is 17.9 Å². The van der Waals surface area contributed by atoms with Crippen LogP contribution < -0.4 is 5.32 Å². The molecule has 6 rings (SSSR count). The third-order valence-corrected chi connectivity index (χ3v) is 9.17. The molecular formula is C35H35N5O4S. The van der Waals surface area contributed by atoms with Crippen LogP contribution in [0, 0.1) is 5.92 Å². The van der Waals surface area contributed by atoms with Gasteiger partial charge in [-0.15, -0.1) is 10.2 Å². The fraction of sp³-hybridized carbons (Fsp3) is 0.257. The van der Waals surface area contributed by atoms with Gasteiger partial charge >= 0.3 is 0 Å². The first kappa shape index (κ1) is 30.7. The van der Waals surface area contributed by atoms with Gasteiger partial charge in [0.25, 0.3) is 5.91 Å². The minimum atomic E-state index is -0.572. The van der Waals surface area contributed by atoms with E-state index in [1.807, 2.05) is 66.2 Å². The Labute approximate surface area is 266 Å². The van der Waals surface area contributed by atoms with Crippen LogP contribution in [0.2, 0.25) is 0 Å². The second-order valence-corrected chi connectivity index (χ2v) is 12.0. The summed E-state index contributed by atoms with van der Waals surface area (Å²) < 4.78 is 15.1. The molecule has 2 N–H and O–H groups in total. The average molecular weight is 622 g/mol. The molecule has 0 unspecified atom stereocenters. The molecule has 0 spiro atoms.